The highest BCUT2D eigenvalue weighted by Crippen LogP contribution is 2.06. The molecule has 18 heavy (non-hydrogen) atoms. The van der Waals surface area contributed by atoms with Crippen molar-refractivity contribution in [3.63, 3.8) is 0 Å². The molecule has 1 rings (SSSR count). The van der Waals surface area contributed by atoms with Crippen LogP contribution in [0.3, 0.4) is 0 Å². The van der Waals surface area contributed by atoms with Gasteiger partial charge in [0.15, 0.2) is 0 Å². The van der Waals surface area contributed by atoms with Crippen molar-refractivity contribution in [1.29, 1.82) is 0 Å². The van der Waals surface area contributed by atoms with E-state index < -0.39 is 12.0 Å². The number of amides is 2. The lowest BCUT2D eigenvalue weighted by molar-refractivity contribution is -0.139. The quantitative estimate of drug-likeness (QED) is 0.730. The first-order valence-corrected chi connectivity index (χ1v) is 6.51. The number of likely N-dealkylation sites (N-methyl/N-ethyl adjacent to an activating group) is 1. The van der Waals surface area contributed by atoms with Gasteiger partial charge in [-0.2, -0.15) is 0 Å². The number of carboxylic acid groups (broad SMARTS) is 1. The fourth-order valence-electron chi connectivity index (χ4n) is 2.00. The number of nitrogens with one attached hydrogen (secondary N) is 1. The first-order chi connectivity index (χ1) is 8.54. The second kappa shape index (κ2) is 7.20. The summed E-state index contributed by atoms with van der Waals surface area (Å²) >= 11 is 0. The second-order valence-corrected chi connectivity index (χ2v) is 4.72. The van der Waals surface area contributed by atoms with E-state index in [9.17, 15) is 9.59 Å². The molecule has 0 aromatic heterocycles. The van der Waals surface area contributed by atoms with Crippen LogP contribution in [0, 0.1) is 0 Å². The molecule has 6 heteroatoms. The summed E-state index contributed by atoms with van der Waals surface area (Å²) in [7, 11) is 1.69. The van der Waals surface area contributed by atoms with E-state index in [1.165, 1.54) is 12.8 Å². The molecule has 0 radical (unpaired) electrons. The number of likely N-dealkylation sites (tertiary alicyclic amines) is 1. The molecule has 0 aliphatic carbocycles. The van der Waals surface area contributed by atoms with E-state index in [0.29, 0.717) is 13.0 Å². The van der Waals surface area contributed by atoms with Gasteiger partial charge in [0.05, 0.1) is 0 Å². The summed E-state index contributed by atoms with van der Waals surface area (Å²) in [6.45, 7) is 5.42. The van der Waals surface area contributed by atoms with Gasteiger partial charge in [0.25, 0.3) is 0 Å². The summed E-state index contributed by atoms with van der Waals surface area (Å²) in [6.07, 6.45) is 2.85. The Morgan fingerprint density at radius 1 is 1.39 bits per heavy atom. The van der Waals surface area contributed by atoms with Gasteiger partial charge in [-0.3, -0.25) is 0 Å². The van der Waals surface area contributed by atoms with E-state index in [4.69, 9.17) is 5.11 Å². The van der Waals surface area contributed by atoms with Gasteiger partial charge in [0, 0.05) is 20.1 Å². The maximum atomic E-state index is 11.8. The minimum absolute atomic E-state index is 0.316. The number of carbonyl (C=O) groups is 2. The van der Waals surface area contributed by atoms with Crippen LogP contribution in [0.1, 0.15) is 26.2 Å². The van der Waals surface area contributed by atoms with Crippen molar-refractivity contribution >= 4 is 12.0 Å². The number of carboxylic acids is 1. The minimum atomic E-state index is -0.987. The van der Waals surface area contributed by atoms with Gasteiger partial charge in [0.2, 0.25) is 0 Å². The molecule has 0 unspecified atom stereocenters. The molecule has 1 aliphatic rings. The van der Waals surface area contributed by atoms with Crippen molar-refractivity contribution < 1.29 is 14.7 Å². The van der Waals surface area contributed by atoms with Crippen molar-refractivity contribution in [3.05, 3.63) is 0 Å². The molecule has 1 aliphatic heterocycles. The fourth-order valence-corrected chi connectivity index (χ4v) is 2.00. The molecule has 2 amide bonds. The zero-order valence-electron chi connectivity index (χ0n) is 11.2. The molecule has 0 spiro atoms. The summed E-state index contributed by atoms with van der Waals surface area (Å²) in [6, 6.07) is -1.12. The molecule has 0 aromatic rings. The zero-order chi connectivity index (χ0) is 13.5. The van der Waals surface area contributed by atoms with Crippen LogP contribution in [-0.4, -0.2) is 66.2 Å². The Hall–Kier alpha value is -1.30. The topological polar surface area (TPSA) is 72.9 Å². The van der Waals surface area contributed by atoms with Gasteiger partial charge in [-0.15, -0.1) is 0 Å². The van der Waals surface area contributed by atoms with E-state index in [0.717, 1.165) is 19.6 Å². The summed E-state index contributed by atoms with van der Waals surface area (Å²) in [5.74, 6) is -0.987. The number of aliphatic carboxylic acids is 1. The summed E-state index contributed by atoms with van der Waals surface area (Å²) in [5.41, 5.74) is 0. The van der Waals surface area contributed by atoms with Crippen LogP contribution in [0.2, 0.25) is 0 Å². The number of rotatable bonds is 6. The fraction of sp³-hybridized carbons (Fsp3) is 0.833. The molecule has 1 atom stereocenters. The number of urea groups is 1. The van der Waals surface area contributed by atoms with Crippen LogP contribution >= 0.6 is 0 Å². The molecule has 0 bridgehead atoms. The van der Waals surface area contributed by atoms with E-state index in [1.807, 2.05) is 0 Å². The Morgan fingerprint density at radius 3 is 2.50 bits per heavy atom. The Bertz CT molecular complexity index is 290. The third-order valence-electron chi connectivity index (χ3n) is 3.30. The number of hydrogen-bond donors (Lipinski definition) is 2. The van der Waals surface area contributed by atoms with Crippen LogP contribution in [0.15, 0.2) is 0 Å². The van der Waals surface area contributed by atoms with Gasteiger partial charge in [-0.05, 0) is 32.4 Å². The normalized spacial score (nSPS) is 17.4. The van der Waals surface area contributed by atoms with E-state index in [2.05, 4.69) is 10.2 Å². The maximum absolute atomic E-state index is 11.8. The Morgan fingerprint density at radius 2 is 2.00 bits per heavy atom. The Kier molecular flexibility index (Phi) is 5.91. The molecule has 2 N–H and O–H groups in total. The molecule has 1 fully saturated rings. The molecule has 6 nitrogen and oxygen atoms in total. The Balaban J connectivity index is 2.29. The standard InChI is InChI=1S/C12H23N3O3/c1-3-10(11(16)17)13-12(18)14(2)8-9-15-6-4-5-7-15/h10H,3-9H2,1-2H3,(H,13,18)(H,16,17)/t10-/m1/s1. The van der Waals surface area contributed by atoms with Crippen molar-refractivity contribution in [2.45, 2.75) is 32.2 Å². The van der Waals surface area contributed by atoms with Gasteiger partial charge in [-0.1, -0.05) is 6.92 Å². The lowest BCUT2D eigenvalue weighted by Crippen LogP contribution is -2.47. The number of hydrogen-bond acceptors (Lipinski definition) is 3. The van der Waals surface area contributed by atoms with Crippen LogP contribution in [0.4, 0.5) is 4.79 Å². The van der Waals surface area contributed by atoms with Crippen LogP contribution in [0.25, 0.3) is 0 Å². The second-order valence-electron chi connectivity index (χ2n) is 4.72. The first kappa shape index (κ1) is 14.8. The monoisotopic (exact) mass is 257 g/mol. The maximum Gasteiger partial charge on any atom is 0.326 e. The molecular formula is C12H23N3O3. The smallest absolute Gasteiger partial charge is 0.326 e. The van der Waals surface area contributed by atoms with E-state index in [1.54, 1.807) is 18.9 Å². The predicted molar refractivity (Wildman–Crippen MR) is 68.6 cm³/mol. The highest BCUT2D eigenvalue weighted by Gasteiger charge is 2.20. The van der Waals surface area contributed by atoms with Crippen LogP contribution < -0.4 is 5.32 Å². The lowest BCUT2D eigenvalue weighted by atomic mass is 10.2. The molecule has 1 saturated heterocycles. The van der Waals surface area contributed by atoms with Gasteiger partial charge in [0.1, 0.15) is 6.04 Å². The molecule has 0 saturated carbocycles. The number of carbonyl (C=O) groups excluding carboxylic acids is 1. The molecule has 0 aromatic carbocycles. The summed E-state index contributed by atoms with van der Waals surface area (Å²) in [5, 5.41) is 11.4. The van der Waals surface area contributed by atoms with Crippen molar-refractivity contribution in [2.75, 3.05) is 33.2 Å². The van der Waals surface area contributed by atoms with Gasteiger partial charge < -0.3 is 20.2 Å². The molecular weight excluding hydrogens is 234 g/mol. The summed E-state index contributed by atoms with van der Waals surface area (Å²) in [4.78, 5) is 26.4. The highest BCUT2D eigenvalue weighted by molar-refractivity contribution is 5.82. The molecule has 1 heterocycles. The summed E-state index contributed by atoms with van der Waals surface area (Å²) < 4.78 is 0. The Labute approximate surface area is 108 Å². The van der Waals surface area contributed by atoms with E-state index in [-0.39, 0.29) is 6.03 Å². The average Bonchev–Trinajstić information content (AvgIpc) is 2.85. The SMILES string of the molecule is CC[C@@H](NC(=O)N(C)CCN1CCCC1)C(=O)O. The zero-order valence-corrected chi connectivity index (χ0v) is 11.2. The van der Waals surface area contributed by atoms with Gasteiger partial charge in [-0.25, -0.2) is 9.59 Å². The third kappa shape index (κ3) is 4.52. The van der Waals surface area contributed by atoms with Crippen molar-refractivity contribution in [3.8, 4) is 0 Å². The highest BCUT2D eigenvalue weighted by atomic mass is 16.4. The van der Waals surface area contributed by atoms with Crippen molar-refractivity contribution in [1.82, 2.24) is 15.1 Å². The predicted octanol–water partition coefficient (Wildman–Crippen LogP) is 0.587. The molecule has 104 valence electrons. The van der Waals surface area contributed by atoms with Crippen molar-refractivity contribution in [2.24, 2.45) is 0 Å². The minimum Gasteiger partial charge on any atom is -0.480 e. The largest absolute Gasteiger partial charge is 0.480 e. The van der Waals surface area contributed by atoms with Crippen LogP contribution in [-0.2, 0) is 4.79 Å². The lowest BCUT2D eigenvalue weighted by Gasteiger charge is -2.23. The number of nitrogens with zero attached hydrogens (tertiary/aromatic N) is 2. The van der Waals surface area contributed by atoms with E-state index >= 15 is 0 Å². The first-order valence-electron chi connectivity index (χ1n) is 6.51. The van der Waals surface area contributed by atoms with Crippen LogP contribution in [0.5, 0.6) is 0 Å². The van der Waals surface area contributed by atoms with Gasteiger partial charge >= 0.3 is 12.0 Å². The third-order valence-corrected chi connectivity index (χ3v) is 3.30. The average molecular weight is 257 g/mol.